The molecular weight excluding hydrogens is 410 g/mol. The van der Waals surface area contributed by atoms with Crippen LogP contribution in [-0.4, -0.2) is 22.6 Å². The predicted molar refractivity (Wildman–Crippen MR) is 130 cm³/mol. The van der Waals surface area contributed by atoms with Crippen molar-refractivity contribution in [3.63, 3.8) is 0 Å². The van der Waals surface area contributed by atoms with Gasteiger partial charge in [-0.2, -0.15) is 0 Å². The molecule has 1 aromatic heterocycles. The largest absolute Gasteiger partial charge is 0.497 e. The minimum atomic E-state index is -0.210. The summed E-state index contributed by atoms with van der Waals surface area (Å²) < 4.78 is 7.53. The fraction of sp³-hybridized carbons (Fsp3) is 0.179. The fourth-order valence-electron chi connectivity index (χ4n) is 4.50. The Morgan fingerprint density at radius 3 is 2.64 bits per heavy atom. The van der Waals surface area contributed by atoms with Crippen LogP contribution in [0.3, 0.4) is 0 Å². The van der Waals surface area contributed by atoms with Crippen LogP contribution in [0.25, 0.3) is 5.69 Å². The maximum absolute atomic E-state index is 13.6. The summed E-state index contributed by atoms with van der Waals surface area (Å²) in [7, 11) is 1.65. The summed E-state index contributed by atoms with van der Waals surface area (Å²) in [5.74, 6) is 0.779. The Morgan fingerprint density at radius 2 is 1.82 bits per heavy atom. The van der Waals surface area contributed by atoms with Crippen LogP contribution in [0.5, 0.6) is 5.75 Å². The summed E-state index contributed by atoms with van der Waals surface area (Å²) in [6, 6.07) is 28.3. The number of hydrogen-bond acceptors (Lipinski definition) is 2. The molecule has 2 heterocycles. The van der Waals surface area contributed by atoms with Crippen LogP contribution in [-0.2, 0) is 13.1 Å². The van der Waals surface area contributed by atoms with E-state index in [1.807, 2.05) is 47.4 Å². The molecule has 1 aliphatic rings. The predicted octanol–water partition coefficient (Wildman–Crippen LogP) is 5.61. The summed E-state index contributed by atoms with van der Waals surface area (Å²) in [5, 5.41) is 3.13. The van der Waals surface area contributed by atoms with Gasteiger partial charge in [0.15, 0.2) is 0 Å². The standard InChI is InChI=1S/C28H27N3O2/c1-20-12-14-22(15-13-20)27-26-11-6-16-30(26)25-10-4-3-8-23(25)19-31(27)28(32)29-18-21-7-5-9-24(17-21)33-2/h3-17,27H,18-19H2,1-2H3,(H,29,32)/t27-/m0/s1. The lowest BCUT2D eigenvalue weighted by Gasteiger charge is -2.31. The van der Waals surface area contributed by atoms with Gasteiger partial charge in [0.05, 0.1) is 25.4 Å². The van der Waals surface area contributed by atoms with Gasteiger partial charge in [-0.15, -0.1) is 0 Å². The molecule has 2 amide bonds. The third-order valence-corrected chi connectivity index (χ3v) is 6.20. The fourth-order valence-corrected chi connectivity index (χ4v) is 4.50. The highest BCUT2D eigenvalue weighted by atomic mass is 16.5. The summed E-state index contributed by atoms with van der Waals surface area (Å²) in [5.41, 5.74) is 6.57. The third-order valence-electron chi connectivity index (χ3n) is 6.20. The van der Waals surface area contributed by atoms with E-state index in [0.29, 0.717) is 13.1 Å². The van der Waals surface area contributed by atoms with E-state index in [0.717, 1.165) is 33.8 Å². The van der Waals surface area contributed by atoms with Crippen LogP contribution in [0.15, 0.2) is 91.1 Å². The van der Waals surface area contributed by atoms with Crippen LogP contribution < -0.4 is 10.1 Å². The van der Waals surface area contributed by atoms with Crippen molar-refractivity contribution >= 4 is 6.03 Å². The van der Waals surface area contributed by atoms with Gasteiger partial charge in [0.1, 0.15) is 5.75 Å². The first kappa shape index (κ1) is 20.9. The van der Waals surface area contributed by atoms with Crippen LogP contribution in [0.1, 0.15) is 34.0 Å². The Balaban J connectivity index is 1.53. The summed E-state index contributed by atoms with van der Waals surface area (Å²) >= 11 is 0. The molecule has 1 N–H and O–H groups in total. The zero-order valence-corrected chi connectivity index (χ0v) is 18.9. The lowest BCUT2D eigenvalue weighted by molar-refractivity contribution is 0.180. The molecular formula is C28H27N3O2. The van der Waals surface area contributed by atoms with Gasteiger partial charge < -0.3 is 19.5 Å². The molecule has 0 unspecified atom stereocenters. The Morgan fingerprint density at radius 1 is 1.00 bits per heavy atom. The van der Waals surface area contributed by atoms with E-state index in [-0.39, 0.29) is 12.1 Å². The number of hydrogen-bond donors (Lipinski definition) is 1. The van der Waals surface area contributed by atoms with E-state index in [1.54, 1.807) is 7.11 Å². The highest BCUT2D eigenvalue weighted by Crippen LogP contribution is 2.36. The number of carbonyl (C=O) groups is 1. The number of nitrogens with zero attached hydrogens (tertiary/aromatic N) is 2. The Labute approximate surface area is 194 Å². The first-order chi connectivity index (χ1) is 16.1. The molecule has 0 saturated carbocycles. The average molecular weight is 438 g/mol. The number of benzene rings is 3. The zero-order valence-electron chi connectivity index (χ0n) is 18.9. The van der Waals surface area contributed by atoms with Gasteiger partial charge in [0.25, 0.3) is 0 Å². The van der Waals surface area contributed by atoms with E-state index in [2.05, 4.69) is 65.5 Å². The second-order valence-corrected chi connectivity index (χ2v) is 8.38. The van der Waals surface area contributed by atoms with Crippen molar-refractivity contribution in [3.05, 3.63) is 119 Å². The average Bonchev–Trinajstić information content (AvgIpc) is 3.28. The maximum Gasteiger partial charge on any atom is 0.318 e. The normalized spacial score (nSPS) is 14.7. The molecule has 0 saturated heterocycles. The molecule has 0 aliphatic carbocycles. The molecule has 166 valence electrons. The minimum absolute atomic E-state index is 0.104. The van der Waals surface area contributed by atoms with Gasteiger partial charge in [-0.3, -0.25) is 0 Å². The summed E-state index contributed by atoms with van der Waals surface area (Å²) in [4.78, 5) is 15.6. The maximum atomic E-state index is 13.6. The van der Waals surface area contributed by atoms with E-state index < -0.39 is 0 Å². The number of aromatic nitrogens is 1. The van der Waals surface area contributed by atoms with Crippen LogP contribution >= 0.6 is 0 Å². The van der Waals surface area contributed by atoms with Crippen LogP contribution in [0, 0.1) is 6.92 Å². The zero-order chi connectivity index (χ0) is 22.8. The second kappa shape index (κ2) is 8.87. The van der Waals surface area contributed by atoms with E-state index in [1.165, 1.54) is 5.56 Å². The molecule has 0 radical (unpaired) electrons. The van der Waals surface area contributed by atoms with E-state index in [4.69, 9.17) is 4.74 Å². The minimum Gasteiger partial charge on any atom is -0.497 e. The van der Waals surface area contributed by atoms with Gasteiger partial charge in [-0.25, -0.2) is 4.79 Å². The highest BCUT2D eigenvalue weighted by molar-refractivity contribution is 5.76. The number of rotatable bonds is 4. The quantitative estimate of drug-likeness (QED) is 0.451. The SMILES string of the molecule is COc1cccc(CNC(=O)N2Cc3ccccc3-n3cccc3[C@@H]2c2ccc(C)cc2)c1. The van der Waals surface area contributed by atoms with E-state index in [9.17, 15) is 4.79 Å². The van der Waals surface area contributed by atoms with E-state index >= 15 is 0 Å². The molecule has 5 nitrogen and oxygen atoms in total. The third kappa shape index (κ3) is 4.10. The first-order valence-corrected chi connectivity index (χ1v) is 11.1. The molecule has 33 heavy (non-hydrogen) atoms. The second-order valence-electron chi connectivity index (χ2n) is 8.38. The van der Waals surface area contributed by atoms with Gasteiger partial charge in [-0.05, 0) is 53.9 Å². The molecule has 0 bridgehead atoms. The van der Waals surface area contributed by atoms with Gasteiger partial charge >= 0.3 is 6.03 Å². The molecule has 0 spiro atoms. The van der Waals surface area contributed by atoms with Crippen molar-refractivity contribution in [2.75, 3.05) is 7.11 Å². The van der Waals surface area contributed by atoms with Crippen molar-refractivity contribution in [1.82, 2.24) is 14.8 Å². The number of methoxy groups -OCH3 is 1. The van der Waals surface area contributed by atoms with Crippen molar-refractivity contribution < 1.29 is 9.53 Å². The number of amides is 2. The lowest BCUT2D eigenvalue weighted by Crippen LogP contribution is -2.41. The van der Waals surface area contributed by atoms with Gasteiger partial charge in [0, 0.05) is 18.4 Å². The first-order valence-electron chi connectivity index (χ1n) is 11.1. The Hall–Kier alpha value is -3.99. The molecule has 1 aliphatic heterocycles. The summed E-state index contributed by atoms with van der Waals surface area (Å²) in [6.07, 6.45) is 2.08. The lowest BCUT2D eigenvalue weighted by atomic mass is 10.0. The smallest absolute Gasteiger partial charge is 0.318 e. The van der Waals surface area contributed by atoms with Crippen LogP contribution in [0.4, 0.5) is 4.79 Å². The number of fused-ring (bicyclic) bond motifs is 3. The molecule has 5 heteroatoms. The molecule has 4 aromatic rings. The van der Waals surface area contributed by atoms with Crippen molar-refractivity contribution in [2.45, 2.75) is 26.1 Å². The number of para-hydroxylation sites is 1. The number of nitrogens with one attached hydrogen (secondary N) is 1. The molecule has 3 aromatic carbocycles. The highest BCUT2D eigenvalue weighted by Gasteiger charge is 2.32. The number of carbonyl (C=O) groups excluding carboxylic acids is 1. The van der Waals surface area contributed by atoms with Crippen molar-refractivity contribution in [2.24, 2.45) is 0 Å². The van der Waals surface area contributed by atoms with Gasteiger partial charge in [-0.1, -0.05) is 60.2 Å². The molecule has 5 rings (SSSR count). The van der Waals surface area contributed by atoms with Crippen LogP contribution in [0.2, 0.25) is 0 Å². The Kier molecular flexibility index (Phi) is 5.61. The number of ether oxygens (including phenoxy) is 1. The Bertz CT molecular complexity index is 1280. The number of urea groups is 1. The molecule has 0 fully saturated rings. The van der Waals surface area contributed by atoms with Crippen molar-refractivity contribution in [1.29, 1.82) is 0 Å². The summed E-state index contributed by atoms with van der Waals surface area (Å²) in [6.45, 7) is 3.02. The van der Waals surface area contributed by atoms with Crippen molar-refractivity contribution in [3.8, 4) is 11.4 Å². The topological polar surface area (TPSA) is 46.5 Å². The van der Waals surface area contributed by atoms with Gasteiger partial charge in [0.2, 0.25) is 0 Å². The molecule has 1 atom stereocenters. The number of aryl methyl sites for hydroxylation is 1. The monoisotopic (exact) mass is 437 g/mol.